The van der Waals surface area contributed by atoms with Crippen molar-refractivity contribution in [2.45, 2.75) is 0 Å². The number of aromatic nitrogens is 2. The fraction of sp³-hybridized carbons (Fsp3) is 0.250. The van der Waals surface area contributed by atoms with Crippen LogP contribution < -0.4 is 9.47 Å². The van der Waals surface area contributed by atoms with Crippen molar-refractivity contribution in [1.82, 2.24) is 8.75 Å². The van der Waals surface area contributed by atoms with Crippen molar-refractivity contribution in [3.8, 4) is 11.5 Å². The summed E-state index contributed by atoms with van der Waals surface area (Å²) in [7, 11) is 3.20. The lowest BCUT2D eigenvalue weighted by molar-refractivity contribution is 0.356. The van der Waals surface area contributed by atoms with Crippen LogP contribution in [0.5, 0.6) is 11.5 Å². The number of fused-ring (bicyclic) bond motifs is 1. The lowest BCUT2D eigenvalue weighted by Gasteiger charge is -2.05. The summed E-state index contributed by atoms with van der Waals surface area (Å²) in [5.74, 6) is 1.37. The Kier molecular flexibility index (Phi) is 2.02. The highest BCUT2D eigenvalue weighted by Gasteiger charge is 2.07. The molecule has 0 atom stereocenters. The number of methoxy groups -OCH3 is 2. The van der Waals surface area contributed by atoms with Gasteiger partial charge in [-0.05, 0) is 0 Å². The molecule has 13 heavy (non-hydrogen) atoms. The Balaban J connectivity index is 2.67. The minimum atomic E-state index is 0.683. The van der Waals surface area contributed by atoms with Crippen LogP contribution >= 0.6 is 11.7 Å². The van der Waals surface area contributed by atoms with Gasteiger partial charge in [0, 0.05) is 12.1 Å². The van der Waals surface area contributed by atoms with Crippen molar-refractivity contribution in [2.75, 3.05) is 14.2 Å². The summed E-state index contributed by atoms with van der Waals surface area (Å²) in [6, 6.07) is 3.63. The molecule has 0 saturated carbocycles. The predicted molar refractivity (Wildman–Crippen MR) is 50.5 cm³/mol. The molecule has 1 aromatic carbocycles. The number of hydrogen-bond donors (Lipinski definition) is 0. The average Bonchev–Trinajstić information content (AvgIpc) is 2.62. The minimum Gasteiger partial charge on any atom is -0.493 e. The number of benzene rings is 1. The first kappa shape index (κ1) is 8.25. The van der Waals surface area contributed by atoms with Crippen LogP contribution in [0.4, 0.5) is 0 Å². The first-order chi connectivity index (χ1) is 6.35. The predicted octanol–water partition coefficient (Wildman–Crippen LogP) is 1.71. The van der Waals surface area contributed by atoms with E-state index in [0.717, 1.165) is 11.0 Å². The Bertz CT molecular complexity index is 389. The zero-order chi connectivity index (χ0) is 9.26. The van der Waals surface area contributed by atoms with Crippen LogP contribution in [0.25, 0.3) is 11.0 Å². The third-order valence-electron chi connectivity index (χ3n) is 1.76. The molecule has 2 rings (SSSR count). The zero-order valence-corrected chi connectivity index (χ0v) is 8.09. The Morgan fingerprint density at radius 1 is 1.00 bits per heavy atom. The quantitative estimate of drug-likeness (QED) is 0.733. The van der Waals surface area contributed by atoms with E-state index in [1.807, 2.05) is 12.1 Å². The summed E-state index contributed by atoms with van der Waals surface area (Å²) in [4.78, 5) is 0. The summed E-state index contributed by atoms with van der Waals surface area (Å²) in [5.41, 5.74) is 1.67. The highest BCUT2D eigenvalue weighted by Crippen LogP contribution is 2.30. The summed E-state index contributed by atoms with van der Waals surface area (Å²) in [6.07, 6.45) is 0. The molecule has 1 aromatic heterocycles. The molecule has 68 valence electrons. The average molecular weight is 196 g/mol. The smallest absolute Gasteiger partial charge is 0.163 e. The first-order valence-corrected chi connectivity index (χ1v) is 4.42. The van der Waals surface area contributed by atoms with E-state index >= 15 is 0 Å². The number of ether oxygens (including phenoxy) is 2. The Labute approximate surface area is 79.4 Å². The van der Waals surface area contributed by atoms with Crippen LogP contribution in [0, 0.1) is 0 Å². The van der Waals surface area contributed by atoms with Crippen molar-refractivity contribution in [2.24, 2.45) is 0 Å². The highest BCUT2D eigenvalue weighted by atomic mass is 32.1. The zero-order valence-electron chi connectivity index (χ0n) is 7.27. The van der Waals surface area contributed by atoms with Crippen LogP contribution in [-0.4, -0.2) is 23.0 Å². The summed E-state index contributed by atoms with van der Waals surface area (Å²) >= 11 is 1.18. The molecule has 5 heteroatoms. The van der Waals surface area contributed by atoms with Gasteiger partial charge in [0.05, 0.1) is 25.9 Å². The van der Waals surface area contributed by atoms with Crippen molar-refractivity contribution >= 4 is 22.8 Å². The Hall–Kier alpha value is -1.36. The largest absolute Gasteiger partial charge is 0.493 e. The van der Waals surface area contributed by atoms with E-state index in [0.29, 0.717) is 11.5 Å². The van der Waals surface area contributed by atoms with E-state index < -0.39 is 0 Å². The van der Waals surface area contributed by atoms with E-state index in [-0.39, 0.29) is 0 Å². The lowest BCUT2D eigenvalue weighted by atomic mass is 10.3. The molecule has 0 aliphatic carbocycles. The van der Waals surface area contributed by atoms with Crippen molar-refractivity contribution in [3.63, 3.8) is 0 Å². The summed E-state index contributed by atoms with van der Waals surface area (Å²) in [6.45, 7) is 0. The van der Waals surface area contributed by atoms with E-state index in [2.05, 4.69) is 8.75 Å². The SMILES string of the molecule is COc1cc2nsnc2cc1OC. The molecule has 4 nitrogen and oxygen atoms in total. The molecule has 0 fully saturated rings. The molecular formula is C8H8N2O2S. The normalized spacial score (nSPS) is 10.3. The number of rotatable bonds is 2. The minimum absolute atomic E-state index is 0.683. The van der Waals surface area contributed by atoms with Gasteiger partial charge in [0.2, 0.25) is 0 Å². The molecule has 0 aliphatic heterocycles. The van der Waals surface area contributed by atoms with Crippen LogP contribution in [0.1, 0.15) is 0 Å². The van der Waals surface area contributed by atoms with Crippen LogP contribution in [0.2, 0.25) is 0 Å². The topological polar surface area (TPSA) is 44.2 Å². The molecule has 0 unspecified atom stereocenters. The summed E-state index contributed by atoms with van der Waals surface area (Å²) in [5, 5.41) is 0. The van der Waals surface area contributed by atoms with Gasteiger partial charge >= 0.3 is 0 Å². The van der Waals surface area contributed by atoms with E-state index in [1.54, 1.807) is 14.2 Å². The summed E-state index contributed by atoms with van der Waals surface area (Å²) < 4.78 is 18.4. The van der Waals surface area contributed by atoms with Gasteiger partial charge in [-0.2, -0.15) is 8.75 Å². The van der Waals surface area contributed by atoms with Gasteiger partial charge in [-0.15, -0.1) is 0 Å². The molecule has 1 heterocycles. The molecule has 0 N–H and O–H groups in total. The highest BCUT2D eigenvalue weighted by molar-refractivity contribution is 7.00. The van der Waals surface area contributed by atoms with Gasteiger partial charge in [-0.1, -0.05) is 0 Å². The first-order valence-electron chi connectivity index (χ1n) is 3.69. The van der Waals surface area contributed by atoms with Gasteiger partial charge in [0.15, 0.2) is 11.5 Å². The third-order valence-corrected chi connectivity index (χ3v) is 2.32. The molecule has 0 radical (unpaired) electrons. The molecule has 0 saturated heterocycles. The van der Waals surface area contributed by atoms with Gasteiger partial charge in [-0.3, -0.25) is 0 Å². The second-order valence-electron chi connectivity index (χ2n) is 2.46. The number of hydrogen-bond acceptors (Lipinski definition) is 5. The van der Waals surface area contributed by atoms with Gasteiger partial charge in [0.1, 0.15) is 11.0 Å². The molecule has 0 amide bonds. The fourth-order valence-corrected chi connectivity index (χ4v) is 1.62. The van der Waals surface area contributed by atoms with Gasteiger partial charge in [0.25, 0.3) is 0 Å². The van der Waals surface area contributed by atoms with E-state index in [1.165, 1.54) is 11.7 Å². The number of nitrogens with zero attached hydrogens (tertiary/aromatic N) is 2. The lowest BCUT2D eigenvalue weighted by Crippen LogP contribution is -1.89. The maximum absolute atomic E-state index is 5.13. The van der Waals surface area contributed by atoms with Gasteiger partial charge < -0.3 is 9.47 Å². The third kappa shape index (κ3) is 1.31. The van der Waals surface area contributed by atoms with Crippen LogP contribution in [0.15, 0.2) is 12.1 Å². The fourth-order valence-electron chi connectivity index (χ4n) is 1.11. The molecular weight excluding hydrogens is 188 g/mol. The van der Waals surface area contributed by atoms with Crippen LogP contribution in [-0.2, 0) is 0 Å². The Morgan fingerprint density at radius 2 is 1.46 bits per heavy atom. The maximum Gasteiger partial charge on any atom is 0.163 e. The standard InChI is InChI=1S/C8H8N2O2S/c1-11-7-3-5-6(10-13-9-5)4-8(7)12-2/h3-4H,1-2H3. The maximum atomic E-state index is 5.13. The second-order valence-corrected chi connectivity index (χ2v) is 2.99. The molecule has 2 aromatic rings. The van der Waals surface area contributed by atoms with Crippen LogP contribution in [0.3, 0.4) is 0 Å². The second kappa shape index (κ2) is 3.18. The van der Waals surface area contributed by atoms with Gasteiger partial charge in [-0.25, -0.2) is 0 Å². The molecule has 0 aliphatic rings. The Morgan fingerprint density at radius 3 is 1.85 bits per heavy atom. The van der Waals surface area contributed by atoms with E-state index in [4.69, 9.17) is 9.47 Å². The molecule has 0 spiro atoms. The molecule has 0 bridgehead atoms. The monoisotopic (exact) mass is 196 g/mol. The van der Waals surface area contributed by atoms with E-state index in [9.17, 15) is 0 Å². The van der Waals surface area contributed by atoms with Crippen molar-refractivity contribution in [3.05, 3.63) is 12.1 Å². The van der Waals surface area contributed by atoms with Crippen molar-refractivity contribution in [1.29, 1.82) is 0 Å². The van der Waals surface area contributed by atoms with Crippen molar-refractivity contribution < 1.29 is 9.47 Å².